The van der Waals surface area contributed by atoms with Crippen LogP contribution in [0.15, 0.2) is 24.3 Å². The number of ether oxygens (including phenoxy) is 1. The molecule has 0 spiro atoms. The number of aryl methyl sites for hydroxylation is 1. The highest BCUT2D eigenvalue weighted by Gasteiger charge is 2.78. The minimum Gasteiger partial charge on any atom is -0.364 e. The Balaban J connectivity index is 1.68. The SMILES string of the molecule is Cc1ccccc1NC(=O)[C@]12C[C@H]3CC[C@@]1(C)[C@@]3(C)CO2. The van der Waals surface area contributed by atoms with Gasteiger partial charge in [-0.25, -0.2) is 0 Å². The van der Waals surface area contributed by atoms with E-state index in [0.717, 1.165) is 30.7 Å². The van der Waals surface area contributed by atoms with Crippen LogP contribution >= 0.6 is 0 Å². The van der Waals surface area contributed by atoms with Crippen molar-refractivity contribution in [3.05, 3.63) is 29.8 Å². The minimum atomic E-state index is -0.618. The molecular weight excluding hydrogens is 262 g/mol. The number of rotatable bonds is 2. The number of hydrogen-bond acceptors (Lipinski definition) is 2. The van der Waals surface area contributed by atoms with E-state index >= 15 is 0 Å². The second kappa shape index (κ2) is 3.89. The quantitative estimate of drug-likeness (QED) is 0.902. The lowest BCUT2D eigenvalue weighted by molar-refractivity contribution is -0.149. The van der Waals surface area contributed by atoms with Gasteiger partial charge in [0.2, 0.25) is 0 Å². The smallest absolute Gasteiger partial charge is 0.257 e. The van der Waals surface area contributed by atoms with Crippen LogP contribution in [0.1, 0.15) is 38.7 Å². The predicted octanol–water partition coefficient (Wildman–Crippen LogP) is 3.53. The summed E-state index contributed by atoms with van der Waals surface area (Å²) in [6.45, 7) is 7.34. The molecule has 1 aromatic rings. The van der Waals surface area contributed by atoms with Crippen molar-refractivity contribution in [1.82, 2.24) is 0 Å². The van der Waals surface area contributed by atoms with E-state index < -0.39 is 5.60 Å². The van der Waals surface area contributed by atoms with Crippen molar-refractivity contribution in [2.75, 3.05) is 11.9 Å². The number of carbonyl (C=O) groups is 1. The van der Waals surface area contributed by atoms with Crippen LogP contribution in [0.25, 0.3) is 0 Å². The summed E-state index contributed by atoms with van der Waals surface area (Å²) < 4.78 is 6.14. The Morgan fingerprint density at radius 2 is 2.10 bits per heavy atom. The number of anilines is 1. The summed E-state index contributed by atoms with van der Waals surface area (Å²) in [5.41, 5.74) is 1.54. The van der Waals surface area contributed by atoms with Gasteiger partial charge in [-0.1, -0.05) is 32.0 Å². The summed E-state index contributed by atoms with van der Waals surface area (Å²) >= 11 is 0. The van der Waals surface area contributed by atoms with Gasteiger partial charge in [-0.3, -0.25) is 4.79 Å². The Kier molecular flexibility index (Phi) is 2.47. The van der Waals surface area contributed by atoms with E-state index in [-0.39, 0.29) is 16.7 Å². The highest BCUT2D eigenvalue weighted by Crippen LogP contribution is 2.75. The van der Waals surface area contributed by atoms with Gasteiger partial charge in [0.15, 0.2) is 5.60 Å². The molecule has 2 aliphatic carbocycles. The normalized spacial score (nSPS) is 43.3. The van der Waals surface area contributed by atoms with Gasteiger partial charge < -0.3 is 10.1 Å². The first-order valence-electron chi connectivity index (χ1n) is 7.94. The lowest BCUT2D eigenvalue weighted by atomic mass is 9.66. The molecule has 1 N–H and O–H groups in total. The van der Waals surface area contributed by atoms with Crippen LogP contribution in [-0.4, -0.2) is 18.1 Å². The van der Waals surface area contributed by atoms with E-state index in [1.165, 1.54) is 6.42 Å². The first-order valence-corrected chi connectivity index (χ1v) is 7.94. The van der Waals surface area contributed by atoms with E-state index in [9.17, 15) is 4.79 Å². The average molecular weight is 285 g/mol. The van der Waals surface area contributed by atoms with Gasteiger partial charge in [0, 0.05) is 16.5 Å². The highest BCUT2D eigenvalue weighted by molar-refractivity contribution is 5.99. The molecule has 112 valence electrons. The van der Waals surface area contributed by atoms with Gasteiger partial charge in [0.05, 0.1) is 6.61 Å². The largest absolute Gasteiger partial charge is 0.364 e. The summed E-state index contributed by atoms with van der Waals surface area (Å²) in [5, 5.41) is 3.13. The van der Waals surface area contributed by atoms with Crippen LogP contribution in [0, 0.1) is 23.7 Å². The standard InChI is InChI=1S/C18H23NO2/c1-12-6-4-5-7-14(12)19-15(20)18-10-13-8-9-17(18,3)16(13,2)11-21-18/h4-7,13H,8-11H2,1-3H3,(H,19,20)/t13-,16+,17+,18-/m1/s1. The minimum absolute atomic E-state index is 0.0164. The number of benzene rings is 1. The number of carbonyl (C=O) groups excluding carboxylic acids is 1. The number of hydrogen-bond donors (Lipinski definition) is 1. The Labute approximate surface area is 126 Å². The molecule has 0 unspecified atom stereocenters. The first-order chi connectivity index (χ1) is 9.93. The molecule has 4 bridgehead atoms. The maximum atomic E-state index is 13.0. The van der Waals surface area contributed by atoms with Crippen molar-refractivity contribution in [3.63, 3.8) is 0 Å². The fourth-order valence-electron chi connectivity index (χ4n) is 5.19. The maximum absolute atomic E-state index is 13.0. The summed E-state index contributed by atoms with van der Waals surface area (Å²) in [6.07, 6.45) is 3.24. The van der Waals surface area contributed by atoms with Gasteiger partial charge in [-0.15, -0.1) is 0 Å². The third kappa shape index (κ3) is 1.36. The zero-order valence-electron chi connectivity index (χ0n) is 13.0. The third-order valence-electron chi connectivity index (χ3n) is 6.96. The van der Waals surface area contributed by atoms with Gasteiger partial charge >= 0.3 is 0 Å². The summed E-state index contributed by atoms with van der Waals surface area (Å²) in [7, 11) is 0. The Morgan fingerprint density at radius 3 is 2.76 bits per heavy atom. The van der Waals surface area contributed by atoms with Gasteiger partial charge in [-0.2, -0.15) is 0 Å². The monoisotopic (exact) mass is 285 g/mol. The van der Waals surface area contributed by atoms with E-state index in [1.54, 1.807) is 0 Å². The van der Waals surface area contributed by atoms with Crippen LogP contribution in [0.4, 0.5) is 5.69 Å². The van der Waals surface area contributed by atoms with Crippen LogP contribution in [0.2, 0.25) is 0 Å². The molecule has 21 heavy (non-hydrogen) atoms. The molecule has 3 fully saturated rings. The zero-order chi connectivity index (χ0) is 14.9. The second-order valence-electron chi connectivity index (χ2n) is 7.57. The molecule has 1 saturated heterocycles. The van der Waals surface area contributed by atoms with Crippen LogP contribution in [0.3, 0.4) is 0 Å². The molecule has 4 rings (SSSR count). The van der Waals surface area contributed by atoms with Crippen molar-refractivity contribution in [2.45, 2.75) is 45.6 Å². The van der Waals surface area contributed by atoms with Crippen LogP contribution in [0.5, 0.6) is 0 Å². The van der Waals surface area contributed by atoms with Crippen molar-refractivity contribution in [2.24, 2.45) is 16.7 Å². The van der Waals surface area contributed by atoms with Crippen molar-refractivity contribution >= 4 is 11.6 Å². The highest BCUT2D eigenvalue weighted by atomic mass is 16.5. The molecule has 3 nitrogen and oxygen atoms in total. The third-order valence-corrected chi connectivity index (χ3v) is 6.96. The molecule has 1 amide bonds. The molecule has 4 atom stereocenters. The van der Waals surface area contributed by atoms with Gasteiger partial charge in [0.25, 0.3) is 5.91 Å². The van der Waals surface area contributed by atoms with E-state index in [4.69, 9.17) is 4.74 Å². The topological polar surface area (TPSA) is 38.3 Å². The van der Waals surface area contributed by atoms with E-state index in [1.807, 2.05) is 31.2 Å². The van der Waals surface area contributed by atoms with Crippen LogP contribution < -0.4 is 5.32 Å². The molecule has 1 aliphatic heterocycles. The molecule has 0 aromatic heterocycles. The zero-order valence-corrected chi connectivity index (χ0v) is 13.0. The molecule has 3 heteroatoms. The van der Waals surface area contributed by atoms with Crippen LogP contribution in [-0.2, 0) is 9.53 Å². The fraction of sp³-hybridized carbons (Fsp3) is 0.611. The Morgan fingerprint density at radius 1 is 1.33 bits per heavy atom. The first kappa shape index (κ1) is 13.3. The Hall–Kier alpha value is -1.35. The van der Waals surface area contributed by atoms with Gasteiger partial charge in [-0.05, 0) is 43.7 Å². The van der Waals surface area contributed by atoms with Gasteiger partial charge in [0.1, 0.15) is 0 Å². The molecular formula is C18H23NO2. The number of amides is 1. The lowest BCUT2D eigenvalue weighted by Crippen LogP contribution is -2.52. The summed E-state index contributed by atoms with van der Waals surface area (Å²) in [6, 6.07) is 7.94. The molecule has 1 heterocycles. The predicted molar refractivity (Wildman–Crippen MR) is 82.0 cm³/mol. The summed E-state index contributed by atoms with van der Waals surface area (Å²) in [5.74, 6) is 0.698. The summed E-state index contributed by atoms with van der Waals surface area (Å²) in [4.78, 5) is 13.0. The Bertz CT molecular complexity index is 627. The van der Waals surface area contributed by atoms with Crippen molar-refractivity contribution < 1.29 is 9.53 Å². The molecule has 2 saturated carbocycles. The molecule has 3 aliphatic rings. The number of para-hydroxylation sites is 1. The van der Waals surface area contributed by atoms with E-state index in [0.29, 0.717) is 5.92 Å². The number of nitrogens with one attached hydrogen (secondary N) is 1. The fourth-order valence-corrected chi connectivity index (χ4v) is 5.19. The molecule has 0 radical (unpaired) electrons. The lowest BCUT2D eigenvalue weighted by Gasteiger charge is -2.40. The van der Waals surface area contributed by atoms with Crippen molar-refractivity contribution in [3.8, 4) is 0 Å². The van der Waals surface area contributed by atoms with E-state index in [2.05, 4.69) is 19.2 Å². The average Bonchev–Trinajstić information content (AvgIpc) is 2.93. The van der Waals surface area contributed by atoms with Crippen molar-refractivity contribution in [1.29, 1.82) is 0 Å². The molecule has 1 aromatic carbocycles. The maximum Gasteiger partial charge on any atom is 0.257 e. The second-order valence-corrected chi connectivity index (χ2v) is 7.57.